The molecule has 4 heterocycles. The van der Waals surface area contributed by atoms with E-state index in [4.69, 9.17) is 14.1 Å². The van der Waals surface area contributed by atoms with Crippen LogP contribution in [0.5, 0.6) is 5.88 Å². The van der Waals surface area contributed by atoms with Crippen LogP contribution in [0.2, 0.25) is 18.1 Å². The summed E-state index contributed by atoms with van der Waals surface area (Å²) < 4.78 is 27.6. The molecular formula is C34H44BFN7O3Si. The minimum absolute atomic E-state index is 0.0296. The SMILES string of the molecule is Cc1cnc(OC2CCN(C)CC2F)c(Nc2nccc(-c3cc(C#N)c4c(c3)[C@@](C)(CO[Si](C)(C)C(C)(C)C)CN4[B]C=O)n2)c1. The number of nitrogens with zero attached hydrogens (tertiary/aromatic N) is 6. The van der Waals surface area contributed by atoms with Gasteiger partial charge in [0.15, 0.2) is 8.32 Å². The van der Waals surface area contributed by atoms with Crippen molar-refractivity contribution in [3.8, 4) is 23.2 Å². The van der Waals surface area contributed by atoms with Crippen molar-refractivity contribution in [3.05, 3.63) is 53.3 Å². The number of nitriles is 1. The monoisotopic (exact) mass is 656 g/mol. The fourth-order valence-corrected chi connectivity index (χ4v) is 6.92. The second kappa shape index (κ2) is 13.3. The van der Waals surface area contributed by atoms with E-state index >= 15 is 0 Å². The fourth-order valence-electron chi connectivity index (χ4n) is 5.81. The maximum Gasteiger partial charge on any atom is 0.329 e. The number of ether oxygens (including phenoxy) is 1. The van der Waals surface area contributed by atoms with Gasteiger partial charge in [0.25, 0.3) is 0 Å². The number of halogens is 1. The topological polar surface area (TPSA) is 116 Å². The van der Waals surface area contributed by atoms with Gasteiger partial charge in [0.2, 0.25) is 11.8 Å². The first kappa shape index (κ1) is 34.5. The third kappa shape index (κ3) is 7.35. The predicted octanol–water partition coefficient (Wildman–Crippen LogP) is 5.79. The molecule has 1 radical (unpaired) electrons. The molecule has 13 heteroatoms. The number of carbonyl (C=O) groups is 1. The number of likely N-dealkylation sites (tertiary alicyclic amines) is 1. The summed E-state index contributed by atoms with van der Waals surface area (Å²) in [7, 11) is 1.29. The van der Waals surface area contributed by atoms with Crippen molar-refractivity contribution in [2.45, 2.75) is 76.9 Å². The number of benzene rings is 1. The Kier molecular flexibility index (Phi) is 9.78. The number of carbonyl (C=O) groups excluding carboxylic acids is 1. The Balaban J connectivity index is 1.48. The first-order valence-electron chi connectivity index (χ1n) is 16.0. The van der Waals surface area contributed by atoms with Crippen molar-refractivity contribution in [1.29, 1.82) is 5.26 Å². The van der Waals surface area contributed by atoms with Crippen molar-refractivity contribution in [2.75, 3.05) is 43.4 Å². The molecule has 5 rings (SSSR count). The van der Waals surface area contributed by atoms with E-state index < -0.39 is 26.0 Å². The quantitative estimate of drug-likeness (QED) is 0.212. The van der Waals surface area contributed by atoms with E-state index in [9.17, 15) is 14.4 Å². The number of nitrogens with one attached hydrogen (secondary N) is 1. The molecule has 1 saturated heterocycles. The van der Waals surface area contributed by atoms with Crippen LogP contribution < -0.4 is 14.9 Å². The van der Waals surface area contributed by atoms with Crippen LogP contribution in [0.3, 0.4) is 0 Å². The summed E-state index contributed by atoms with van der Waals surface area (Å²) in [4.78, 5) is 29.1. The molecule has 2 aliphatic heterocycles. The highest BCUT2D eigenvalue weighted by Gasteiger charge is 2.44. The fraction of sp³-hybridized carbons (Fsp3) is 0.500. The van der Waals surface area contributed by atoms with E-state index in [0.717, 1.165) is 29.4 Å². The summed E-state index contributed by atoms with van der Waals surface area (Å²) in [5.74, 6) is 0.592. The lowest BCUT2D eigenvalue weighted by molar-refractivity contribution is 0.0291. The van der Waals surface area contributed by atoms with Crippen molar-refractivity contribution in [3.63, 3.8) is 0 Å². The number of hydrogen-bond acceptors (Lipinski definition) is 10. The molecule has 0 bridgehead atoms. The molecule has 1 N–H and O–H groups in total. The summed E-state index contributed by atoms with van der Waals surface area (Å²) >= 11 is 0. The normalized spacial score (nSPS) is 21.6. The molecule has 2 unspecified atom stereocenters. The minimum Gasteiger partial charge on any atom is -0.470 e. The lowest BCUT2D eigenvalue weighted by Gasteiger charge is -2.39. The number of aryl methyl sites for hydroxylation is 1. The number of rotatable bonds is 10. The Hall–Kier alpha value is -3.86. The molecule has 0 aliphatic carbocycles. The van der Waals surface area contributed by atoms with Crippen molar-refractivity contribution >= 4 is 39.2 Å². The molecule has 3 atom stereocenters. The molecule has 247 valence electrons. The van der Waals surface area contributed by atoms with Crippen molar-refractivity contribution in [1.82, 2.24) is 19.9 Å². The van der Waals surface area contributed by atoms with Gasteiger partial charge in [-0.3, -0.25) is 0 Å². The number of piperidine rings is 1. The van der Waals surface area contributed by atoms with Gasteiger partial charge in [-0.25, -0.2) is 19.3 Å². The minimum atomic E-state index is -2.09. The number of pyridine rings is 1. The highest BCUT2D eigenvalue weighted by atomic mass is 28.4. The lowest BCUT2D eigenvalue weighted by Crippen LogP contribution is -2.46. The molecular weight excluding hydrogens is 612 g/mol. The van der Waals surface area contributed by atoms with Crippen LogP contribution in [0.1, 0.15) is 50.8 Å². The van der Waals surface area contributed by atoms with Crippen molar-refractivity contribution < 1.29 is 18.3 Å². The maximum absolute atomic E-state index is 14.8. The lowest BCUT2D eigenvalue weighted by atomic mass is 9.83. The van der Waals surface area contributed by atoms with Crippen LogP contribution in [-0.2, 0) is 14.6 Å². The van der Waals surface area contributed by atoms with E-state index in [-0.39, 0.29) is 10.9 Å². The summed E-state index contributed by atoms with van der Waals surface area (Å²) in [6.45, 7) is 17.1. The second-order valence-corrected chi connectivity index (χ2v) is 19.3. The maximum atomic E-state index is 14.8. The molecule has 2 aromatic heterocycles. The van der Waals surface area contributed by atoms with Gasteiger partial charge in [-0.1, -0.05) is 27.7 Å². The number of hydrogen-bond donors (Lipinski definition) is 1. The molecule has 47 heavy (non-hydrogen) atoms. The Bertz CT molecular complexity index is 1680. The largest absolute Gasteiger partial charge is 0.470 e. The van der Waals surface area contributed by atoms with E-state index in [1.807, 2.05) is 35.8 Å². The molecule has 10 nitrogen and oxygen atoms in total. The number of anilines is 3. The van der Waals surface area contributed by atoms with Gasteiger partial charge in [-0.2, -0.15) is 5.26 Å². The molecule has 0 spiro atoms. The van der Waals surface area contributed by atoms with Crippen molar-refractivity contribution in [2.24, 2.45) is 0 Å². The Labute approximate surface area is 279 Å². The summed E-state index contributed by atoms with van der Waals surface area (Å²) in [5, 5.41) is 13.5. The first-order chi connectivity index (χ1) is 22.1. The van der Waals surface area contributed by atoms with E-state index in [1.165, 1.54) is 7.41 Å². The van der Waals surface area contributed by atoms with Gasteiger partial charge in [-0.05, 0) is 73.9 Å². The zero-order valence-electron chi connectivity index (χ0n) is 28.6. The Morgan fingerprint density at radius 2 is 2.04 bits per heavy atom. The van der Waals surface area contributed by atoms with Gasteiger partial charge in [0.1, 0.15) is 30.2 Å². The molecule has 3 aromatic rings. The molecule has 0 saturated carbocycles. The standard InChI is InChI=1S/C34H44BFN7O3Si/c1-22-13-28(31(39-17-22)46-29-10-12-42(6)18-26(29)36)41-32-38-11-9-27(40-32)23-14-24(16-37)30-25(15-23)34(5,19-43(30)35-21-44)20-45-47(7,8)33(2,3)4/h9,11,13-15,17,21,26,29H,10,12,18-20H2,1-8H3,(H,38,40,41)/t26?,29?,34-/m1/s1. The Morgan fingerprint density at radius 3 is 2.72 bits per heavy atom. The number of fused-ring (bicyclic) bond motifs is 1. The van der Waals surface area contributed by atoms with E-state index in [2.05, 4.69) is 62.1 Å². The van der Waals surface area contributed by atoms with Gasteiger partial charge in [0, 0.05) is 55.3 Å². The third-order valence-electron chi connectivity index (χ3n) is 9.62. The van der Waals surface area contributed by atoms with Crippen LogP contribution in [-0.4, -0.2) is 87.3 Å². The second-order valence-electron chi connectivity index (χ2n) is 14.5. The molecule has 0 amide bonds. The van der Waals surface area contributed by atoms with Gasteiger partial charge < -0.3 is 29.0 Å². The number of alkyl halides is 1. The van der Waals surface area contributed by atoms with Gasteiger partial charge in [0.05, 0.1) is 11.3 Å². The number of aromatic nitrogens is 3. The Morgan fingerprint density at radius 1 is 1.28 bits per heavy atom. The smallest absolute Gasteiger partial charge is 0.329 e. The average Bonchev–Trinajstić information content (AvgIpc) is 3.29. The van der Waals surface area contributed by atoms with Crippen LogP contribution >= 0.6 is 0 Å². The van der Waals surface area contributed by atoms with Crippen LogP contribution in [0, 0.1) is 18.3 Å². The summed E-state index contributed by atoms with van der Waals surface area (Å²) in [5.41, 5.74) is 4.37. The highest BCUT2D eigenvalue weighted by molar-refractivity contribution is 6.74. The highest BCUT2D eigenvalue weighted by Crippen LogP contribution is 2.46. The van der Waals surface area contributed by atoms with Gasteiger partial charge >= 0.3 is 7.41 Å². The molecule has 1 fully saturated rings. The first-order valence-corrected chi connectivity index (χ1v) is 18.9. The molecule has 2 aliphatic rings. The summed E-state index contributed by atoms with van der Waals surface area (Å²) in [6, 6.07) is 9.84. The average molecular weight is 657 g/mol. The predicted molar refractivity (Wildman–Crippen MR) is 186 cm³/mol. The van der Waals surface area contributed by atoms with Crippen LogP contribution in [0.4, 0.5) is 21.7 Å². The van der Waals surface area contributed by atoms with E-state index in [1.54, 1.807) is 24.5 Å². The van der Waals surface area contributed by atoms with Gasteiger partial charge in [-0.15, -0.1) is 0 Å². The molecule has 1 aromatic carbocycles. The zero-order valence-corrected chi connectivity index (χ0v) is 29.6. The zero-order chi connectivity index (χ0) is 34.1. The van der Waals surface area contributed by atoms with Crippen LogP contribution in [0.25, 0.3) is 11.3 Å². The third-order valence-corrected chi connectivity index (χ3v) is 14.1. The van der Waals surface area contributed by atoms with Crippen LogP contribution in [0.15, 0.2) is 36.7 Å². The summed E-state index contributed by atoms with van der Waals surface area (Å²) in [6.07, 6.45) is 2.91. The van der Waals surface area contributed by atoms with E-state index in [0.29, 0.717) is 54.7 Å².